The largest absolute Gasteiger partial charge is 0.483 e. The molecule has 13 heteroatoms. The molecule has 148 valence electrons. The molecule has 3 rings (SSSR count). The summed E-state index contributed by atoms with van der Waals surface area (Å²) in [6.07, 6.45) is -3.66. The molecule has 0 aliphatic rings. The van der Waals surface area contributed by atoms with Gasteiger partial charge in [-0.1, -0.05) is 34.8 Å². The van der Waals surface area contributed by atoms with Crippen molar-refractivity contribution in [2.24, 2.45) is 5.10 Å². The summed E-state index contributed by atoms with van der Waals surface area (Å²) in [6, 6.07) is 5.98. The van der Waals surface area contributed by atoms with E-state index >= 15 is 0 Å². The minimum Gasteiger partial charge on any atom is -0.483 e. The van der Waals surface area contributed by atoms with Gasteiger partial charge in [-0.2, -0.15) is 22.9 Å². The molecule has 1 N–H and O–H groups in total. The Bertz CT molecular complexity index is 1070. The van der Waals surface area contributed by atoms with Crippen molar-refractivity contribution in [2.75, 3.05) is 0 Å². The van der Waals surface area contributed by atoms with Crippen LogP contribution >= 0.6 is 47.0 Å². The second kappa shape index (κ2) is 8.16. The molecule has 0 fully saturated rings. The number of hydrogen-bond donors (Lipinski definition) is 1. The number of hydrogen-bond acceptors (Lipinski definition) is 5. The van der Waals surface area contributed by atoms with Crippen molar-refractivity contribution in [3.8, 4) is 5.75 Å². The summed E-state index contributed by atoms with van der Waals surface area (Å²) in [5, 5.41) is 9.60. The zero-order valence-corrected chi connectivity index (χ0v) is 16.5. The highest BCUT2D eigenvalue weighted by molar-refractivity contribution is 7.71. The number of alkyl halides is 3. The fourth-order valence-electron chi connectivity index (χ4n) is 2.05. The zero-order chi connectivity index (χ0) is 20.5. The van der Waals surface area contributed by atoms with Crippen LogP contribution in [0.1, 0.15) is 17.3 Å². The molecule has 1 aromatic carbocycles. The lowest BCUT2D eigenvalue weighted by atomic mass is 10.3. The number of H-pyrrole nitrogens is 1. The second-order valence-corrected chi connectivity index (χ2v) is 6.84. The van der Waals surface area contributed by atoms with Crippen molar-refractivity contribution in [2.45, 2.75) is 12.8 Å². The number of rotatable bonds is 5. The first kappa shape index (κ1) is 20.7. The number of nitrogens with zero attached hydrogens (tertiary/aromatic N) is 3. The third kappa shape index (κ3) is 4.69. The van der Waals surface area contributed by atoms with Gasteiger partial charge in [0.15, 0.2) is 5.75 Å². The van der Waals surface area contributed by atoms with Crippen LogP contribution in [0.3, 0.4) is 0 Å². The maximum Gasteiger partial charge on any atom is 0.453 e. The Morgan fingerprint density at radius 3 is 2.57 bits per heavy atom. The van der Waals surface area contributed by atoms with Crippen LogP contribution in [-0.2, 0) is 12.8 Å². The van der Waals surface area contributed by atoms with Crippen LogP contribution in [0.5, 0.6) is 5.75 Å². The number of aromatic amines is 1. The van der Waals surface area contributed by atoms with Crippen molar-refractivity contribution in [1.82, 2.24) is 14.9 Å². The zero-order valence-electron chi connectivity index (χ0n) is 13.4. The first-order chi connectivity index (χ1) is 13.1. The predicted octanol–water partition coefficient (Wildman–Crippen LogP) is 5.97. The van der Waals surface area contributed by atoms with Gasteiger partial charge in [-0.25, -0.2) is 5.10 Å². The van der Waals surface area contributed by atoms with Crippen molar-refractivity contribution < 1.29 is 22.3 Å². The highest BCUT2D eigenvalue weighted by Gasteiger charge is 2.37. The Hall–Kier alpha value is -2.01. The minimum atomic E-state index is -4.72. The van der Waals surface area contributed by atoms with E-state index < -0.39 is 12.0 Å². The Kier molecular flexibility index (Phi) is 6.04. The van der Waals surface area contributed by atoms with E-state index in [9.17, 15) is 13.2 Å². The van der Waals surface area contributed by atoms with E-state index in [0.717, 1.165) is 6.21 Å². The van der Waals surface area contributed by atoms with E-state index in [-0.39, 0.29) is 32.9 Å². The average Bonchev–Trinajstić information content (AvgIpc) is 3.18. The lowest BCUT2D eigenvalue weighted by Crippen LogP contribution is -2.12. The van der Waals surface area contributed by atoms with E-state index in [1.807, 2.05) is 5.10 Å². The number of aromatic nitrogens is 3. The maximum atomic E-state index is 12.9. The van der Waals surface area contributed by atoms with Gasteiger partial charge in [0.05, 0.1) is 16.3 Å². The molecule has 28 heavy (non-hydrogen) atoms. The summed E-state index contributed by atoms with van der Waals surface area (Å²) in [7, 11) is 0. The Balaban J connectivity index is 1.73. The van der Waals surface area contributed by atoms with Gasteiger partial charge < -0.3 is 9.15 Å². The topological polar surface area (TPSA) is 68.3 Å². The minimum absolute atomic E-state index is 0.0339. The molecular formula is C15H8Cl3F3N4O2S. The average molecular weight is 472 g/mol. The van der Waals surface area contributed by atoms with Crippen molar-refractivity contribution >= 4 is 53.2 Å². The summed E-state index contributed by atoms with van der Waals surface area (Å²) < 4.78 is 49.6. The third-order valence-electron chi connectivity index (χ3n) is 3.21. The molecular weight excluding hydrogens is 464 g/mol. The molecule has 0 radical (unpaired) electrons. The molecule has 2 heterocycles. The standard InChI is InChI=1S/C15H8Cl3F3N4O2S/c16-7-3-10(17)12(11(18)4-7)26-6-9-2-1-8(27-9)5-22-25-13(15(19,20)21)23-24-14(25)28/h1-5H,6H2,(H,24,28)/b22-5+. The van der Waals surface area contributed by atoms with Gasteiger partial charge in [-0.15, -0.1) is 5.10 Å². The number of halogens is 6. The van der Waals surface area contributed by atoms with Gasteiger partial charge in [0, 0.05) is 5.02 Å². The van der Waals surface area contributed by atoms with Crippen LogP contribution in [0, 0.1) is 4.77 Å². The molecule has 0 unspecified atom stereocenters. The van der Waals surface area contributed by atoms with Gasteiger partial charge in [0.25, 0.3) is 5.82 Å². The lowest BCUT2D eigenvalue weighted by Gasteiger charge is -2.08. The molecule has 6 nitrogen and oxygen atoms in total. The highest BCUT2D eigenvalue weighted by atomic mass is 35.5. The van der Waals surface area contributed by atoms with E-state index in [0.29, 0.717) is 15.5 Å². The fraction of sp³-hybridized carbons (Fsp3) is 0.133. The molecule has 0 saturated carbocycles. The van der Waals surface area contributed by atoms with Crippen molar-refractivity contribution in [3.05, 3.63) is 61.4 Å². The summed E-state index contributed by atoms with van der Waals surface area (Å²) in [6.45, 7) is -0.0339. The fourth-order valence-corrected chi connectivity index (χ4v) is 3.15. The van der Waals surface area contributed by atoms with Crippen LogP contribution < -0.4 is 4.74 Å². The predicted molar refractivity (Wildman–Crippen MR) is 99.9 cm³/mol. The summed E-state index contributed by atoms with van der Waals surface area (Å²) >= 11 is 22.6. The van der Waals surface area contributed by atoms with E-state index in [4.69, 9.17) is 56.2 Å². The molecule has 0 bridgehead atoms. The van der Waals surface area contributed by atoms with Crippen LogP contribution in [0.25, 0.3) is 0 Å². The second-order valence-electron chi connectivity index (χ2n) is 5.20. The Labute approximate surface area is 175 Å². The summed E-state index contributed by atoms with van der Waals surface area (Å²) in [5.41, 5.74) is 0. The van der Waals surface area contributed by atoms with Crippen LogP contribution in [-0.4, -0.2) is 21.1 Å². The smallest absolute Gasteiger partial charge is 0.453 e. The van der Waals surface area contributed by atoms with E-state index in [2.05, 4.69) is 10.2 Å². The van der Waals surface area contributed by atoms with Gasteiger partial charge >= 0.3 is 6.18 Å². The van der Waals surface area contributed by atoms with Gasteiger partial charge in [-0.3, -0.25) is 0 Å². The van der Waals surface area contributed by atoms with Crippen molar-refractivity contribution in [1.29, 1.82) is 0 Å². The number of nitrogens with one attached hydrogen (secondary N) is 1. The van der Waals surface area contributed by atoms with E-state index in [1.54, 1.807) is 6.07 Å². The molecule has 0 atom stereocenters. The van der Waals surface area contributed by atoms with Crippen LogP contribution in [0.4, 0.5) is 13.2 Å². The van der Waals surface area contributed by atoms with Gasteiger partial charge in [0.1, 0.15) is 18.1 Å². The van der Waals surface area contributed by atoms with E-state index in [1.165, 1.54) is 18.2 Å². The van der Waals surface area contributed by atoms with Gasteiger partial charge in [0.2, 0.25) is 4.77 Å². The molecule has 2 aromatic heterocycles. The molecule has 0 aliphatic heterocycles. The quantitative estimate of drug-likeness (QED) is 0.367. The van der Waals surface area contributed by atoms with Crippen LogP contribution in [0.15, 0.2) is 33.8 Å². The first-order valence-electron chi connectivity index (χ1n) is 7.30. The number of benzene rings is 1. The maximum absolute atomic E-state index is 12.9. The Morgan fingerprint density at radius 2 is 1.93 bits per heavy atom. The molecule has 0 saturated heterocycles. The van der Waals surface area contributed by atoms with Gasteiger partial charge in [-0.05, 0) is 36.5 Å². The van der Waals surface area contributed by atoms with Crippen molar-refractivity contribution in [3.63, 3.8) is 0 Å². The monoisotopic (exact) mass is 470 g/mol. The molecule has 3 aromatic rings. The first-order valence-corrected chi connectivity index (χ1v) is 8.84. The normalized spacial score (nSPS) is 12.1. The third-order valence-corrected chi connectivity index (χ3v) is 4.25. The Morgan fingerprint density at radius 1 is 1.25 bits per heavy atom. The number of furan rings is 1. The molecule has 0 spiro atoms. The number of ether oxygens (including phenoxy) is 1. The molecule has 0 amide bonds. The summed E-state index contributed by atoms with van der Waals surface area (Å²) in [4.78, 5) is 0. The highest BCUT2D eigenvalue weighted by Crippen LogP contribution is 2.36. The SMILES string of the molecule is FC(F)(F)c1n[nH]c(=S)n1/N=C/c1ccc(COc2c(Cl)cc(Cl)cc2Cl)o1. The lowest BCUT2D eigenvalue weighted by molar-refractivity contribution is -0.147. The van der Waals surface area contributed by atoms with Crippen LogP contribution in [0.2, 0.25) is 15.1 Å². The molecule has 0 aliphatic carbocycles. The summed E-state index contributed by atoms with van der Waals surface area (Å²) in [5.74, 6) is -0.534.